The van der Waals surface area contributed by atoms with E-state index in [1.165, 1.54) is 5.69 Å². The van der Waals surface area contributed by atoms with Crippen LogP contribution in [0.3, 0.4) is 0 Å². The maximum absolute atomic E-state index is 11.4. The van der Waals surface area contributed by atoms with Gasteiger partial charge in [-0.05, 0) is 31.2 Å². The zero-order chi connectivity index (χ0) is 15.8. The van der Waals surface area contributed by atoms with E-state index in [-0.39, 0.29) is 0 Å². The van der Waals surface area contributed by atoms with Crippen molar-refractivity contribution in [2.45, 2.75) is 6.92 Å². The van der Waals surface area contributed by atoms with E-state index in [1.54, 1.807) is 14.0 Å². The van der Waals surface area contributed by atoms with E-state index < -0.39 is 6.09 Å². The smallest absolute Gasteiger partial charge is 0.411 e. The standard InChI is InChI=1S/C16H25N3O3/c1-3-22-16(20)17-14-4-6-15(7-5-14)19-10-8-18(9-11-19)12-13-21-2/h4-7H,3,8-13H2,1-2H3,(H,17,20). The van der Waals surface area contributed by atoms with Crippen LogP contribution in [0, 0.1) is 0 Å². The van der Waals surface area contributed by atoms with Gasteiger partial charge >= 0.3 is 6.09 Å². The lowest BCUT2D eigenvalue weighted by Crippen LogP contribution is -2.47. The number of piperazine rings is 1. The van der Waals surface area contributed by atoms with Gasteiger partial charge in [0, 0.05) is 51.2 Å². The van der Waals surface area contributed by atoms with Crippen LogP contribution >= 0.6 is 0 Å². The van der Waals surface area contributed by atoms with Gasteiger partial charge in [-0.3, -0.25) is 10.2 Å². The SMILES string of the molecule is CCOC(=O)Nc1ccc(N2CCN(CCOC)CC2)cc1. The van der Waals surface area contributed by atoms with Gasteiger partial charge in [-0.15, -0.1) is 0 Å². The minimum absolute atomic E-state index is 0.372. The first-order chi connectivity index (χ1) is 10.7. The number of hydrogen-bond acceptors (Lipinski definition) is 5. The number of amides is 1. The molecule has 1 aromatic carbocycles. The molecule has 1 heterocycles. The summed E-state index contributed by atoms with van der Waals surface area (Å²) in [5.74, 6) is 0. The van der Waals surface area contributed by atoms with Crippen molar-refractivity contribution in [3.05, 3.63) is 24.3 Å². The first-order valence-corrected chi connectivity index (χ1v) is 7.73. The highest BCUT2D eigenvalue weighted by Gasteiger charge is 2.16. The van der Waals surface area contributed by atoms with Gasteiger partial charge in [-0.1, -0.05) is 0 Å². The summed E-state index contributed by atoms with van der Waals surface area (Å²) >= 11 is 0. The third kappa shape index (κ3) is 4.89. The van der Waals surface area contributed by atoms with Crippen LogP contribution in [0.25, 0.3) is 0 Å². The van der Waals surface area contributed by atoms with Crippen molar-refractivity contribution < 1.29 is 14.3 Å². The second kappa shape index (κ2) is 8.60. The molecule has 1 fully saturated rings. The lowest BCUT2D eigenvalue weighted by molar-refractivity contribution is 0.144. The monoisotopic (exact) mass is 307 g/mol. The fraction of sp³-hybridized carbons (Fsp3) is 0.562. The molecule has 0 atom stereocenters. The van der Waals surface area contributed by atoms with E-state index in [0.29, 0.717) is 6.61 Å². The molecule has 0 aromatic heterocycles. The summed E-state index contributed by atoms with van der Waals surface area (Å²) in [7, 11) is 1.74. The van der Waals surface area contributed by atoms with Crippen molar-refractivity contribution in [3.8, 4) is 0 Å². The predicted molar refractivity (Wildman–Crippen MR) is 87.6 cm³/mol. The first kappa shape index (κ1) is 16.6. The second-order valence-electron chi connectivity index (χ2n) is 5.21. The van der Waals surface area contributed by atoms with E-state index in [1.807, 2.05) is 24.3 Å². The lowest BCUT2D eigenvalue weighted by Gasteiger charge is -2.36. The Bertz CT molecular complexity index is 456. The molecule has 1 N–H and O–H groups in total. The minimum atomic E-state index is -0.415. The third-order valence-electron chi connectivity index (χ3n) is 3.74. The predicted octanol–water partition coefficient (Wildman–Crippen LogP) is 2.02. The summed E-state index contributed by atoms with van der Waals surface area (Å²) in [5.41, 5.74) is 1.93. The Balaban J connectivity index is 1.82. The molecule has 22 heavy (non-hydrogen) atoms. The van der Waals surface area contributed by atoms with Crippen LogP contribution < -0.4 is 10.2 Å². The molecule has 1 aromatic rings. The molecular weight excluding hydrogens is 282 g/mol. The normalized spacial score (nSPS) is 15.6. The molecular formula is C16H25N3O3. The largest absolute Gasteiger partial charge is 0.450 e. The van der Waals surface area contributed by atoms with Gasteiger partial charge in [0.05, 0.1) is 13.2 Å². The fourth-order valence-corrected chi connectivity index (χ4v) is 2.49. The Morgan fingerprint density at radius 2 is 1.86 bits per heavy atom. The van der Waals surface area contributed by atoms with Crippen molar-refractivity contribution in [2.75, 3.05) is 63.3 Å². The zero-order valence-electron chi connectivity index (χ0n) is 13.4. The number of rotatable bonds is 6. The molecule has 0 bridgehead atoms. The molecule has 6 heteroatoms. The summed E-state index contributed by atoms with van der Waals surface area (Å²) in [6.45, 7) is 8.05. The molecule has 122 valence electrons. The Labute approximate surface area is 132 Å². The van der Waals surface area contributed by atoms with E-state index in [2.05, 4.69) is 15.1 Å². The Hall–Kier alpha value is -1.79. The first-order valence-electron chi connectivity index (χ1n) is 7.73. The second-order valence-corrected chi connectivity index (χ2v) is 5.21. The lowest BCUT2D eigenvalue weighted by atomic mass is 10.2. The van der Waals surface area contributed by atoms with Crippen molar-refractivity contribution in [3.63, 3.8) is 0 Å². The Morgan fingerprint density at radius 1 is 1.18 bits per heavy atom. The number of nitrogens with one attached hydrogen (secondary N) is 1. The van der Waals surface area contributed by atoms with Crippen LogP contribution in [0.2, 0.25) is 0 Å². The maximum Gasteiger partial charge on any atom is 0.411 e. The zero-order valence-corrected chi connectivity index (χ0v) is 13.4. The van der Waals surface area contributed by atoms with Gasteiger partial charge in [0.15, 0.2) is 0 Å². The van der Waals surface area contributed by atoms with Crippen LogP contribution in [0.4, 0.5) is 16.2 Å². The molecule has 1 amide bonds. The molecule has 0 spiro atoms. The van der Waals surface area contributed by atoms with Crippen molar-refractivity contribution in [2.24, 2.45) is 0 Å². The number of hydrogen-bond donors (Lipinski definition) is 1. The molecule has 0 saturated carbocycles. The van der Waals surface area contributed by atoms with Crippen LogP contribution in [-0.2, 0) is 9.47 Å². The summed E-state index contributed by atoms with van der Waals surface area (Å²) in [6.07, 6.45) is -0.415. The molecule has 1 saturated heterocycles. The highest BCUT2D eigenvalue weighted by molar-refractivity contribution is 5.84. The highest BCUT2D eigenvalue weighted by atomic mass is 16.5. The quantitative estimate of drug-likeness (QED) is 0.871. The summed E-state index contributed by atoms with van der Waals surface area (Å²) < 4.78 is 9.98. The number of anilines is 2. The molecule has 0 radical (unpaired) electrons. The van der Waals surface area contributed by atoms with E-state index >= 15 is 0 Å². The van der Waals surface area contributed by atoms with Crippen LogP contribution in [0.5, 0.6) is 0 Å². The average Bonchev–Trinajstić information content (AvgIpc) is 2.54. The Morgan fingerprint density at radius 3 is 2.45 bits per heavy atom. The van der Waals surface area contributed by atoms with Crippen molar-refractivity contribution in [1.29, 1.82) is 0 Å². The van der Waals surface area contributed by atoms with Crippen molar-refractivity contribution >= 4 is 17.5 Å². The van der Waals surface area contributed by atoms with Gasteiger partial charge in [-0.2, -0.15) is 0 Å². The van der Waals surface area contributed by atoms with Gasteiger partial charge in [0.2, 0.25) is 0 Å². The third-order valence-corrected chi connectivity index (χ3v) is 3.74. The van der Waals surface area contributed by atoms with Gasteiger partial charge < -0.3 is 14.4 Å². The molecule has 2 rings (SSSR count). The molecule has 0 unspecified atom stereocenters. The van der Waals surface area contributed by atoms with Crippen LogP contribution in [-0.4, -0.2) is 64.0 Å². The average molecular weight is 307 g/mol. The molecule has 1 aliphatic heterocycles. The topological polar surface area (TPSA) is 54.0 Å². The summed E-state index contributed by atoms with van der Waals surface area (Å²) in [5, 5.41) is 2.70. The van der Waals surface area contributed by atoms with Crippen molar-refractivity contribution in [1.82, 2.24) is 4.90 Å². The van der Waals surface area contributed by atoms with E-state index in [4.69, 9.17) is 9.47 Å². The summed E-state index contributed by atoms with van der Waals surface area (Å²) in [6, 6.07) is 7.88. The number of carbonyl (C=O) groups is 1. The number of carbonyl (C=O) groups excluding carboxylic acids is 1. The van der Waals surface area contributed by atoms with Crippen LogP contribution in [0.1, 0.15) is 6.92 Å². The molecule has 6 nitrogen and oxygen atoms in total. The van der Waals surface area contributed by atoms with Gasteiger partial charge in [0.1, 0.15) is 0 Å². The highest BCUT2D eigenvalue weighted by Crippen LogP contribution is 2.19. The minimum Gasteiger partial charge on any atom is -0.450 e. The molecule has 0 aliphatic carbocycles. The van der Waals surface area contributed by atoms with Gasteiger partial charge in [0.25, 0.3) is 0 Å². The number of ether oxygens (including phenoxy) is 2. The van der Waals surface area contributed by atoms with Crippen LogP contribution in [0.15, 0.2) is 24.3 Å². The maximum atomic E-state index is 11.4. The van der Waals surface area contributed by atoms with E-state index in [0.717, 1.165) is 45.0 Å². The summed E-state index contributed by atoms with van der Waals surface area (Å²) in [4.78, 5) is 16.1. The fourth-order valence-electron chi connectivity index (χ4n) is 2.49. The number of nitrogens with zero attached hydrogens (tertiary/aromatic N) is 2. The Kier molecular flexibility index (Phi) is 6.48. The molecule has 1 aliphatic rings. The number of methoxy groups -OCH3 is 1. The van der Waals surface area contributed by atoms with E-state index in [9.17, 15) is 4.79 Å². The number of benzene rings is 1. The van der Waals surface area contributed by atoms with Gasteiger partial charge in [-0.25, -0.2) is 4.79 Å².